The van der Waals surface area contributed by atoms with Crippen LogP contribution in [-0.2, 0) is 25.4 Å². The molecule has 2 aromatic carbocycles. The van der Waals surface area contributed by atoms with Gasteiger partial charge in [-0.15, -0.1) is 0 Å². The molecule has 1 aromatic heterocycles. The van der Waals surface area contributed by atoms with Gasteiger partial charge in [0.05, 0.1) is 47.7 Å². The van der Waals surface area contributed by atoms with Crippen molar-refractivity contribution in [2.75, 3.05) is 13.7 Å². The number of nitrogens with two attached hydrogens (primary N) is 1. The first-order valence-corrected chi connectivity index (χ1v) is 14.8. The van der Waals surface area contributed by atoms with Crippen LogP contribution in [-0.4, -0.2) is 92.6 Å². The molecule has 0 radical (unpaired) electrons. The molecule has 0 bridgehead atoms. The summed E-state index contributed by atoms with van der Waals surface area (Å²) in [5, 5.41) is 45.3. The van der Waals surface area contributed by atoms with Gasteiger partial charge in [0.1, 0.15) is 22.8 Å². The Bertz CT molecular complexity index is 1780. The number of nitrogens with zero attached hydrogens (tertiary/aromatic N) is 1. The van der Waals surface area contributed by atoms with Gasteiger partial charge in [-0.05, 0) is 25.1 Å². The monoisotopic (exact) mass is 648 g/mol. The topological polar surface area (TPSA) is 225 Å². The minimum atomic E-state index is -2.35. The number of benzene rings is 2. The summed E-state index contributed by atoms with van der Waals surface area (Å²) in [4.78, 5) is 57.4. The van der Waals surface area contributed by atoms with E-state index >= 15 is 0 Å². The van der Waals surface area contributed by atoms with Crippen molar-refractivity contribution in [1.29, 1.82) is 0 Å². The zero-order valence-electron chi connectivity index (χ0n) is 25.3. The molecule has 6 atom stereocenters. The van der Waals surface area contributed by atoms with Gasteiger partial charge < -0.3 is 45.1 Å². The molecule has 14 heteroatoms. The van der Waals surface area contributed by atoms with Gasteiger partial charge in [-0.2, -0.15) is 0 Å². The number of pyridine rings is 1. The molecule has 246 valence electrons. The molecule has 4 unspecified atom stereocenters. The van der Waals surface area contributed by atoms with Crippen molar-refractivity contribution in [2.24, 2.45) is 5.73 Å². The lowest BCUT2D eigenvalue weighted by molar-refractivity contribution is -0.247. The van der Waals surface area contributed by atoms with Crippen molar-refractivity contribution in [2.45, 2.75) is 62.4 Å². The van der Waals surface area contributed by atoms with Crippen molar-refractivity contribution >= 4 is 23.3 Å². The van der Waals surface area contributed by atoms with E-state index in [2.05, 4.69) is 4.98 Å². The average molecular weight is 649 g/mol. The average Bonchev–Trinajstić information content (AvgIpc) is 3.06. The van der Waals surface area contributed by atoms with Crippen molar-refractivity contribution in [3.63, 3.8) is 0 Å². The second-order valence-corrected chi connectivity index (χ2v) is 11.8. The molecule has 6 N–H and O–H groups in total. The fourth-order valence-electron chi connectivity index (χ4n) is 6.44. The van der Waals surface area contributed by atoms with Crippen LogP contribution in [0.25, 0.3) is 0 Å². The van der Waals surface area contributed by atoms with Crippen LogP contribution in [0, 0.1) is 0 Å². The van der Waals surface area contributed by atoms with E-state index in [1.54, 1.807) is 6.92 Å². The molecule has 0 amide bonds. The summed E-state index contributed by atoms with van der Waals surface area (Å²) in [5.74, 6) is -4.79. The van der Waals surface area contributed by atoms with Gasteiger partial charge >= 0.3 is 5.97 Å². The summed E-state index contributed by atoms with van der Waals surface area (Å²) < 4.78 is 22.4. The van der Waals surface area contributed by atoms with Gasteiger partial charge in [-0.25, -0.2) is 4.79 Å². The first-order chi connectivity index (χ1) is 22.4. The lowest BCUT2D eigenvalue weighted by Crippen LogP contribution is -2.53. The second-order valence-electron chi connectivity index (χ2n) is 11.8. The Morgan fingerprint density at radius 2 is 1.83 bits per heavy atom. The highest BCUT2D eigenvalue weighted by atomic mass is 16.7. The predicted octanol–water partition coefficient (Wildman–Crippen LogP) is 1.26. The molecule has 2 heterocycles. The van der Waals surface area contributed by atoms with Gasteiger partial charge in [-0.1, -0.05) is 12.1 Å². The van der Waals surface area contributed by atoms with E-state index in [4.69, 9.17) is 24.7 Å². The largest absolute Gasteiger partial charge is 0.507 e. The van der Waals surface area contributed by atoms with E-state index in [9.17, 15) is 39.6 Å². The van der Waals surface area contributed by atoms with E-state index in [0.717, 1.165) is 0 Å². The number of aliphatic hydroxyl groups is 2. The Labute approximate surface area is 267 Å². The highest BCUT2D eigenvalue weighted by Crippen LogP contribution is 2.52. The number of ether oxygens (including phenoxy) is 4. The number of aromatic hydroxyl groups is 2. The molecule has 3 aliphatic rings. The third-order valence-corrected chi connectivity index (χ3v) is 8.89. The zero-order valence-corrected chi connectivity index (χ0v) is 25.3. The minimum Gasteiger partial charge on any atom is -0.507 e. The third-order valence-electron chi connectivity index (χ3n) is 8.89. The van der Waals surface area contributed by atoms with E-state index < -0.39 is 102 Å². The van der Waals surface area contributed by atoms with Crippen LogP contribution in [0.2, 0.25) is 0 Å². The number of methoxy groups -OCH3 is 1. The molecule has 6 rings (SSSR count). The summed E-state index contributed by atoms with van der Waals surface area (Å²) >= 11 is 0. The summed E-state index contributed by atoms with van der Waals surface area (Å²) in [6, 6.07) is 6.50. The molecule has 0 spiro atoms. The number of carbonyl (C=O) groups excluding carboxylic acids is 4. The first-order valence-electron chi connectivity index (χ1n) is 14.8. The fourth-order valence-corrected chi connectivity index (χ4v) is 6.44. The minimum absolute atomic E-state index is 0.0217. The Balaban J connectivity index is 1.42. The number of fused-ring (bicyclic) bond motifs is 3. The number of esters is 1. The smallest absolute Gasteiger partial charge is 0.340 e. The van der Waals surface area contributed by atoms with Crippen molar-refractivity contribution < 1.29 is 58.6 Å². The number of hydrogen-bond acceptors (Lipinski definition) is 14. The lowest BCUT2D eigenvalue weighted by atomic mass is 9.72. The molecular formula is C33H32N2O12. The highest BCUT2D eigenvalue weighted by Gasteiger charge is 2.50. The van der Waals surface area contributed by atoms with Crippen LogP contribution in [0.5, 0.6) is 17.2 Å². The normalized spacial score (nSPS) is 26.5. The first kappa shape index (κ1) is 32.2. The van der Waals surface area contributed by atoms with Crippen molar-refractivity contribution in [1.82, 2.24) is 4.98 Å². The maximum Gasteiger partial charge on any atom is 0.340 e. The number of rotatable bonds is 7. The van der Waals surface area contributed by atoms with Gasteiger partial charge in [-0.3, -0.25) is 19.4 Å². The molecule has 47 heavy (non-hydrogen) atoms. The van der Waals surface area contributed by atoms with E-state index in [0.29, 0.717) is 0 Å². The van der Waals surface area contributed by atoms with E-state index in [1.165, 1.54) is 49.8 Å². The molecule has 14 nitrogen and oxygen atoms in total. The number of hydrogen-bond donors (Lipinski definition) is 5. The number of ketones is 3. The number of carbonyl (C=O) groups is 4. The zero-order chi connectivity index (χ0) is 33.8. The van der Waals surface area contributed by atoms with Gasteiger partial charge in [0.25, 0.3) is 0 Å². The van der Waals surface area contributed by atoms with E-state index in [1.807, 2.05) is 0 Å². The Morgan fingerprint density at radius 1 is 1.09 bits per heavy atom. The van der Waals surface area contributed by atoms with Crippen LogP contribution in [0.1, 0.15) is 79.2 Å². The van der Waals surface area contributed by atoms with E-state index in [-0.39, 0.29) is 40.0 Å². The molecule has 1 fully saturated rings. The van der Waals surface area contributed by atoms with Gasteiger partial charge in [0, 0.05) is 54.4 Å². The maximum atomic E-state index is 13.8. The third kappa shape index (κ3) is 5.43. The quantitative estimate of drug-likeness (QED) is 0.141. The highest BCUT2D eigenvalue weighted by molar-refractivity contribution is 6.31. The number of Topliss-reactive ketones (excluding diaryl/α,β-unsaturated/α-hetero) is 1. The molecule has 1 saturated heterocycles. The number of phenolic OH excluding ortho intramolecular Hbond substituents is 2. The number of phenols is 2. The molecular weight excluding hydrogens is 616 g/mol. The van der Waals surface area contributed by atoms with Gasteiger partial charge in [0.15, 0.2) is 18.7 Å². The molecule has 2 aliphatic carbocycles. The van der Waals surface area contributed by atoms with Crippen LogP contribution in [0.4, 0.5) is 0 Å². The van der Waals surface area contributed by atoms with Crippen LogP contribution >= 0.6 is 0 Å². The molecule has 1 aliphatic heterocycles. The fraction of sp³-hybridized carbons (Fsp3) is 0.364. The Kier molecular flexibility index (Phi) is 8.32. The maximum absolute atomic E-state index is 13.8. The number of aliphatic hydroxyl groups excluding tert-OH is 1. The summed E-state index contributed by atoms with van der Waals surface area (Å²) in [5.41, 5.74) is 2.22. The Hall–Kier alpha value is -4.73. The summed E-state index contributed by atoms with van der Waals surface area (Å²) in [6.45, 7) is 0.697. The summed E-state index contributed by atoms with van der Waals surface area (Å²) in [7, 11) is 1.32. The molecule has 0 saturated carbocycles. The van der Waals surface area contributed by atoms with Crippen molar-refractivity contribution in [3.05, 3.63) is 81.7 Å². The molecule has 3 aromatic rings. The van der Waals surface area contributed by atoms with Crippen LogP contribution in [0.15, 0.2) is 42.7 Å². The van der Waals surface area contributed by atoms with Crippen LogP contribution in [0.3, 0.4) is 0 Å². The standard InChI is InChI=1S/C33H32N2O12/c1-14-27(37)18(34)9-22(46-14)47-20-11-33(43,21(36)13-45-32(42)15-5-4-8-35-12-15)10-17-24(20)31(41)26-25(29(17)39)28(38)16-6-3-7-19(44-2)23(16)30(26)40/h3-8,12,14,18,20,22,27,37,39,41,43H,9-11,13,34H2,1-2H3/t14?,18?,20-,22?,27?,33-/m0/s1. The van der Waals surface area contributed by atoms with Crippen molar-refractivity contribution in [3.8, 4) is 17.2 Å². The lowest BCUT2D eigenvalue weighted by Gasteiger charge is -2.42. The van der Waals surface area contributed by atoms with Gasteiger partial charge in [0.2, 0.25) is 11.6 Å². The predicted molar refractivity (Wildman–Crippen MR) is 159 cm³/mol. The SMILES string of the molecule is COc1cccc2c1C(=O)c1c(O)c3c(c(O)c1C2=O)C[C@@](O)(C(=O)COC(=O)c1cccnc1)C[C@@H]3OC1CC(N)C(O)C(C)O1. The number of aromatic nitrogens is 1. The Morgan fingerprint density at radius 3 is 2.51 bits per heavy atom. The van der Waals surface area contributed by atoms with Crippen LogP contribution < -0.4 is 10.5 Å². The summed E-state index contributed by atoms with van der Waals surface area (Å²) in [6.07, 6.45) is -2.82. The second kappa shape index (κ2) is 12.1.